The first-order valence-corrected chi connectivity index (χ1v) is 9.46. The van der Waals surface area contributed by atoms with Crippen LogP contribution in [0.25, 0.3) is 0 Å². The van der Waals surface area contributed by atoms with Crippen molar-refractivity contribution in [2.24, 2.45) is 0 Å². The molecular weight excluding hydrogens is 272 g/mol. The molecular formula is C18H34N4. The van der Waals surface area contributed by atoms with Crippen LogP contribution in [0.1, 0.15) is 46.0 Å². The van der Waals surface area contributed by atoms with Gasteiger partial charge in [0.2, 0.25) is 0 Å². The highest BCUT2D eigenvalue weighted by atomic mass is 15.4. The molecule has 4 heteroatoms. The van der Waals surface area contributed by atoms with Crippen molar-refractivity contribution in [2.45, 2.75) is 58.0 Å². The van der Waals surface area contributed by atoms with Gasteiger partial charge in [-0.2, -0.15) is 0 Å². The van der Waals surface area contributed by atoms with Gasteiger partial charge in [-0.15, -0.1) is 0 Å². The molecule has 0 aromatic rings. The fraction of sp³-hybridized carbons (Fsp3) is 0.944. The van der Waals surface area contributed by atoms with Crippen LogP contribution < -0.4 is 0 Å². The van der Waals surface area contributed by atoms with Gasteiger partial charge in [0.1, 0.15) is 6.67 Å². The van der Waals surface area contributed by atoms with Gasteiger partial charge < -0.3 is 4.90 Å². The van der Waals surface area contributed by atoms with Crippen molar-refractivity contribution in [3.63, 3.8) is 0 Å². The molecule has 3 rings (SSSR count). The summed E-state index contributed by atoms with van der Waals surface area (Å²) < 4.78 is 0. The second-order valence-corrected chi connectivity index (χ2v) is 7.48. The van der Waals surface area contributed by atoms with E-state index in [2.05, 4.69) is 40.1 Å². The standard InChI is InChI=1S/C18H34N4/c1-17-6-3-9-21(17)11-5-8-19-12-13-20(16-19)14-15-22-10-4-7-18(22)2/h17-18H,3-15H2,1-2H3/t17-,18-/m0/s1. The zero-order valence-corrected chi connectivity index (χ0v) is 14.6. The van der Waals surface area contributed by atoms with E-state index in [4.69, 9.17) is 0 Å². The maximum atomic E-state index is 3.59. The summed E-state index contributed by atoms with van der Waals surface area (Å²) in [6.45, 7) is 18.1. The molecule has 3 saturated heterocycles. The first-order valence-electron chi connectivity index (χ1n) is 9.46. The highest BCUT2D eigenvalue weighted by Crippen LogP contribution is 2.18. The highest BCUT2D eigenvalue weighted by Gasteiger charge is 2.25. The lowest BCUT2D eigenvalue weighted by Crippen LogP contribution is -2.35. The van der Waals surface area contributed by atoms with Crippen molar-refractivity contribution in [1.82, 2.24) is 19.6 Å². The molecule has 0 spiro atoms. The molecule has 3 aliphatic heterocycles. The van der Waals surface area contributed by atoms with E-state index >= 15 is 0 Å². The summed E-state index contributed by atoms with van der Waals surface area (Å²) >= 11 is 0. The fourth-order valence-electron chi connectivity index (χ4n) is 4.23. The summed E-state index contributed by atoms with van der Waals surface area (Å²) in [4.78, 5) is 10.1. The smallest absolute Gasteiger partial charge is 0.146 e. The highest BCUT2D eigenvalue weighted by molar-refractivity contribution is 4.83. The minimum atomic E-state index is 0.793. The molecule has 22 heavy (non-hydrogen) atoms. The number of hydrogen-bond acceptors (Lipinski definition) is 4. The van der Waals surface area contributed by atoms with E-state index in [0.717, 1.165) is 18.6 Å². The van der Waals surface area contributed by atoms with E-state index in [9.17, 15) is 0 Å². The van der Waals surface area contributed by atoms with E-state index in [1.807, 2.05) is 0 Å². The third-order valence-corrected chi connectivity index (χ3v) is 5.83. The van der Waals surface area contributed by atoms with Gasteiger partial charge >= 0.3 is 0 Å². The summed E-state index contributed by atoms with van der Waals surface area (Å²) in [5.74, 6) is 0. The Labute approximate surface area is 137 Å². The van der Waals surface area contributed by atoms with Crippen LogP contribution in [-0.4, -0.2) is 84.0 Å². The Balaban J connectivity index is 1.27. The van der Waals surface area contributed by atoms with Gasteiger partial charge in [0.05, 0.1) is 0 Å². The fourth-order valence-corrected chi connectivity index (χ4v) is 4.23. The Kier molecular flexibility index (Phi) is 6.14. The number of nitrogens with zero attached hydrogens (tertiary/aromatic N) is 4. The summed E-state index contributed by atoms with van der Waals surface area (Å²) in [6, 6.07) is 1.60. The van der Waals surface area contributed by atoms with Crippen LogP contribution in [0.3, 0.4) is 0 Å². The third-order valence-electron chi connectivity index (χ3n) is 5.83. The molecule has 0 aromatic heterocycles. The van der Waals surface area contributed by atoms with Crippen LogP contribution in [0.5, 0.6) is 0 Å². The largest absolute Gasteiger partial charge is 0.301 e. The summed E-state index contributed by atoms with van der Waals surface area (Å²) in [5.41, 5.74) is 0. The van der Waals surface area contributed by atoms with Gasteiger partial charge in [0.25, 0.3) is 0 Å². The van der Waals surface area contributed by atoms with E-state index in [0.29, 0.717) is 0 Å². The number of likely N-dealkylation sites (tertiary alicyclic amines) is 2. The van der Waals surface area contributed by atoms with E-state index in [-0.39, 0.29) is 0 Å². The van der Waals surface area contributed by atoms with E-state index in [1.165, 1.54) is 77.9 Å². The zero-order valence-electron chi connectivity index (χ0n) is 14.6. The summed E-state index contributed by atoms with van der Waals surface area (Å²) in [7, 11) is 0. The Morgan fingerprint density at radius 3 is 1.91 bits per heavy atom. The second-order valence-electron chi connectivity index (χ2n) is 7.48. The van der Waals surface area contributed by atoms with Crippen LogP contribution in [-0.2, 0) is 0 Å². The van der Waals surface area contributed by atoms with Gasteiger partial charge in [0, 0.05) is 44.8 Å². The molecule has 0 aliphatic carbocycles. The molecule has 2 atom stereocenters. The predicted molar refractivity (Wildman–Crippen MR) is 91.5 cm³/mol. The van der Waals surface area contributed by atoms with Crippen LogP contribution >= 0.6 is 0 Å². The van der Waals surface area contributed by atoms with E-state index < -0.39 is 0 Å². The van der Waals surface area contributed by atoms with Gasteiger partial charge in [0.15, 0.2) is 0 Å². The summed E-state index contributed by atoms with van der Waals surface area (Å²) in [6.07, 6.45) is 6.84. The Bertz CT molecular complexity index is 335. The quantitative estimate of drug-likeness (QED) is 0.713. The van der Waals surface area contributed by atoms with Gasteiger partial charge in [-0.1, -0.05) is 0 Å². The van der Waals surface area contributed by atoms with Crippen LogP contribution in [0.4, 0.5) is 0 Å². The summed E-state index contributed by atoms with van der Waals surface area (Å²) in [5, 5.41) is 0. The lowest BCUT2D eigenvalue weighted by molar-refractivity contribution is 0.221. The van der Waals surface area contributed by atoms with Crippen molar-refractivity contribution < 1.29 is 0 Å². The monoisotopic (exact) mass is 306 g/mol. The molecule has 0 unspecified atom stereocenters. The Morgan fingerprint density at radius 2 is 1.32 bits per heavy atom. The molecule has 3 heterocycles. The first-order chi connectivity index (χ1) is 10.7. The molecule has 0 bridgehead atoms. The van der Waals surface area contributed by atoms with Crippen molar-refractivity contribution >= 4 is 0 Å². The van der Waals surface area contributed by atoms with E-state index in [1.54, 1.807) is 0 Å². The maximum Gasteiger partial charge on any atom is 0.146 e. The predicted octanol–water partition coefficient (Wildman–Crippen LogP) is 1.96. The zero-order chi connectivity index (χ0) is 15.4. The third kappa shape index (κ3) is 4.44. The molecule has 0 saturated carbocycles. The van der Waals surface area contributed by atoms with Crippen LogP contribution in [0, 0.1) is 6.67 Å². The Hall–Kier alpha value is -0.160. The molecule has 2 radical (unpaired) electrons. The molecule has 3 fully saturated rings. The number of hydrogen-bond donors (Lipinski definition) is 0. The molecule has 0 amide bonds. The van der Waals surface area contributed by atoms with Crippen molar-refractivity contribution in [2.75, 3.05) is 52.4 Å². The van der Waals surface area contributed by atoms with Crippen LogP contribution in [0.2, 0.25) is 0 Å². The molecule has 0 N–H and O–H groups in total. The average Bonchev–Trinajstić information content (AvgIpc) is 3.21. The molecule has 3 aliphatic rings. The SMILES string of the molecule is C[C@H]1CCCN1CCCN1[C]N(CCN2CCC[C@@H]2C)CC1. The first kappa shape index (κ1) is 16.7. The van der Waals surface area contributed by atoms with Crippen molar-refractivity contribution in [1.29, 1.82) is 0 Å². The van der Waals surface area contributed by atoms with Crippen molar-refractivity contribution in [3.05, 3.63) is 6.67 Å². The van der Waals surface area contributed by atoms with Gasteiger partial charge in [-0.3, -0.25) is 14.7 Å². The molecule has 0 aromatic carbocycles. The second kappa shape index (κ2) is 8.09. The van der Waals surface area contributed by atoms with Crippen LogP contribution in [0.15, 0.2) is 0 Å². The minimum Gasteiger partial charge on any atom is -0.301 e. The minimum absolute atomic E-state index is 0.793. The topological polar surface area (TPSA) is 13.0 Å². The maximum absolute atomic E-state index is 3.59. The average molecular weight is 306 g/mol. The van der Waals surface area contributed by atoms with Gasteiger partial charge in [-0.25, -0.2) is 0 Å². The normalized spacial score (nSPS) is 32.5. The lowest BCUT2D eigenvalue weighted by Gasteiger charge is -2.24. The van der Waals surface area contributed by atoms with Crippen molar-refractivity contribution in [3.8, 4) is 0 Å². The Morgan fingerprint density at radius 1 is 0.727 bits per heavy atom. The number of rotatable bonds is 7. The lowest BCUT2D eigenvalue weighted by atomic mass is 10.2. The van der Waals surface area contributed by atoms with Gasteiger partial charge in [-0.05, 0) is 65.6 Å². The molecule has 4 nitrogen and oxygen atoms in total. The molecule has 126 valence electrons.